The largest absolute Gasteiger partial charge is 0.355 e. The van der Waals surface area contributed by atoms with Gasteiger partial charge in [-0.05, 0) is 24.6 Å². The Morgan fingerprint density at radius 2 is 2.21 bits per heavy atom. The molecule has 0 radical (unpaired) electrons. The van der Waals surface area contributed by atoms with Crippen molar-refractivity contribution in [2.24, 2.45) is 0 Å². The Bertz CT molecular complexity index is 350. The van der Waals surface area contributed by atoms with E-state index in [4.69, 9.17) is 4.74 Å². The number of ether oxygens (including phenoxy) is 1. The van der Waals surface area contributed by atoms with Crippen molar-refractivity contribution in [1.29, 1.82) is 0 Å². The fourth-order valence-corrected chi connectivity index (χ4v) is 2.48. The minimum absolute atomic E-state index is 0.309. The van der Waals surface area contributed by atoms with Crippen LogP contribution in [0.15, 0.2) is 24.3 Å². The van der Waals surface area contributed by atoms with E-state index in [9.17, 15) is 0 Å². The fourth-order valence-electron chi connectivity index (χ4n) is 2.48. The third-order valence-corrected chi connectivity index (χ3v) is 3.35. The molecule has 0 amide bonds. The van der Waals surface area contributed by atoms with Gasteiger partial charge in [0.25, 0.3) is 0 Å². The molecule has 0 spiro atoms. The van der Waals surface area contributed by atoms with Gasteiger partial charge >= 0.3 is 0 Å². The minimum Gasteiger partial charge on any atom is -0.355 e. The zero-order chi connectivity index (χ0) is 9.54. The first-order valence-corrected chi connectivity index (χ1v) is 5.28. The summed E-state index contributed by atoms with van der Waals surface area (Å²) in [7, 11) is 2.15. The smallest absolute Gasteiger partial charge is 0.115 e. The van der Waals surface area contributed by atoms with Crippen LogP contribution in [0.1, 0.15) is 23.7 Å². The lowest BCUT2D eigenvalue weighted by atomic mass is 9.92. The van der Waals surface area contributed by atoms with Crippen LogP contribution >= 0.6 is 0 Å². The number of hydrogen-bond acceptors (Lipinski definition) is 2. The van der Waals surface area contributed by atoms with Gasteiger partial charge < -0.3 is 4.74 Å². The number of benzene rings is 1. The van der Waals surface area contributed by atoms with Crippen molar-refractivity contribution in [2.75, 3.05) is 13.6 Å². The fraction of sp³-hybridized carbons (Fsp3) is 0.500. The molecule has 0 unspecified atom stereocenters. The van der Waals surface area contributed by atoms with Crippen LogP contribution in [0, 0.1) is 0 Å². The highest BCUT2D eigenvalue weighted by molar-refractivity contribution is 5.32. The van der Waals surface area contributed by atoms with Gasteiger partial charge in [0, 0.05) is 13.0 Å². The molecule has 0 aromatic heterocycles. The highest BCUT2D eigenvalue weighted by atomic mass is 16.5. The third kappa shape index (κ3) is 1.18. The highest BCUT2D eigenvalue weighted by Gasteiger charge is 2.33. The topological polar surface area (TPSA) is 12.5 Å². The van der Waals surface area contributed by atoms with E-state index in [0.29, 0.717) is 12.3 Å². The molecule has 3 rings (SSSR count). The maximum absolute atomic E-state index is 5.99. The molecule has 1 fully saturated rings. The number of hydrogen-bond donors (Lipinski definition) is 0. The summed E-state index contributed by atoms with van der Waals surface area (Å²) in [4.78, 5) is 2.31. The zero-order valence-electron chi connectivity index (χ0n) is 8.44. The molecule has 2 nitrogen and oxygen atoms in total. The van der Waals surface area contributed by atoms with Gasteiger partial charge in [0.1, 0.15) is 6.23 Å². The Labute approximate surface area is 84.5 Å². The summed E-state index contributed by atoms with van der Waals surface area (Å²) in [5.41, 5.74) is 2.89. The van der Waals surface area contributed by atoms with Crippen LogP contribution in [0.3, 0.4) is 0 Å². The van der Waals surface area contributed by atoms with Crippen molar-refractivity contribution in [1.82, 2.24) is 4.90 Å². The van der Waals surface area contributed by atoms with Gasteiger partial charge in [-0.15, -0.1) is 0 Å². The number of fused-ring (bicyclic) bond motifs is 4. The van der Waals surface area contributed by atoms with Crippen LogP contribution in [-0.2, 0) is 11.2 Å². The molecule has 74 valence electrons. The third-order valence-electron chi connectivity index (χ3n) is 3.35. The maximum Gasteiger partial charge on any atom is 0.115 e. The Morgan fingerprint density at radius 3 is 3.14 bits per heavy atom. The van der Waals surface area contributed by atoms with Crippen LogP contribution in [0.2, 0.25) is 0 Å². The first-order valence-electron chi connectivity index (χ1n) is 5.28. The number of nitrogens with zero attached hydrogens (tertiary/aromatic N) is 1. The van der Waals surface area contributed by atoms with Crippen molar-refractivity contribution in [3.05, 3.63) is 35.4 Å². The molecular formula is C12H15NO. The molecule has 0 N–H and O–H groups in total. The molecule has 2 heteroatoms. The predicted octanol–water partition coefficient (Wildman–Crippen LogP) is 1.96. The van der Waals surface area contributed by atoms with Gasteiger partial charge in [-0.1, -0.05) is 24.3 Å². The van der Waals surface area contributed by atoms with Gasteiger partial charge in [-0.25, -0.2) is 0 Å². The van der Waals surface area contributed by atoms with Crippen molar-refractivity contribution in [3.8, 4) is 0 Å². The van der Waals surface area contributed by atoms with Gasteiger partial charge in [0.05, 0.1) is 6.10 Å². The van der Waals surface area contributed by atoms with Crippen LogP contribution in [0.25, 0.3) is 0 Å². The van der Waals surface area contributed by atoms with E-state index in [-0.39, 0.29) is 0 Å². The molecular weight excluding hydrogens is 174 g/mol. The number of likely N-dealkylation sites (N-methyl/N-ethyl adjacent to an activating group) is 1. The number of rotatable bonds is 0. The maximum atomic E-state index is 5.99. The summed E-state index contributed by atoms with van der Waals surface area (Å²) in [5, 5.41) is 0. The summed E-state index contributed by atoms with van der Waals surface area (Å²) in [5.74, 6) is 0. The Hall–Kier alpha value is -0.860. The van der Waals surface area contributed by atoms with E-state index in [1.165, 1.54) is 11.1 Å². The molecule has 0 saturated carbocycles. The summed E-state index contributed by atoms with van der Waals surface area (Å²) < 4.78 is 5.99. The van der Waals surface area contributed by atoms with E-state index in [2.05, 4.69) is 36.2 Å². The lowest BCUT2D eigenvalue weighted by Crippen LogP contribution is -2.45. The van der Waals surface area contributed by atoms with Gasteiger partial charge in [0.2, 0.25) is 0 Å². The molecule has 2 atom stereocenters. The van der Waals surface area contributed by atoms with Crippen molar-refractivity contribution >= 4 is 0 Å². The van der Waals surface area contributed by atoms with E-state index in [1.54, 1.807) is 0 Å². The molecule has 2 bridgehead atoms. The average Bonchev–Trinajstić information content (AvgIpc) is 2.24. The van der Waals surface area contributed by atoms with Crippen LogP contribution in [-0.4, -0.2) is 24.7 Å². The second kappa shape index (κ2) is 3.07. The standard InChI is InChI=1S/C12H15NO/c1-13-7-6-11-10-5-3-2-4-9(10)8-12(13)14-11/h2-5,11-12H,6-8H2,1H3/t11-,12-/m0/s1. The van der Waals surface area contributed by atoms with Crippen LogP contribution < -0.4 is 0 Å². The molecule has 1 saturated heterocycles. The molecule has 1 aromatic carbocycles. The van der Waals surface area contributed by atoms with Gasteiger partial charge in [0.15, 0.2) is 0 Å². The Morgan fingerprint density at radius 1 is 1.36 bits per heavy atom. The molecule has 1 aromatic rings. The molecule has 2 aliphatic heterocycles. The second-order valence-electron chi connectivity index (χ2n) is 4.25. The highest BCUT2D eigenvalue weighted by Crippen LogP contribution is 2.36. The monoisotopic (exact) mass is 189 g/mol. The predicted molar refractivity (Wildman–Crippen MR) is 55.0 cm³/mol. The van der Waals surface area contributed by atoms with E-state index >= 15 is 0 Å². The summed E-state index contributed by atoms with van der Waals surface area (Å²) in [6, 6.07) is 8.68. The molecule has 2 heterocycles. The Kier molecular flexibility index (Phi) is 1.85. The summed E-state index contributed by atoms with van der Waals surface area (Å²) >= 11 is 0. The second-order valence-corrected chi connectivity index (χ2v) is 4.25. The lowest BCUT2D eigenvalue weighted by Gasteiger charge is -2.42. The van der Waals surface area contributed by atoms with Crippen LogP contribution in [0.4, 0.5) is 0 Å². The van der Waals surface area contributed by atoms with Gasteiger partial charge in [-0.2, -0.15) is 0 Å². The Balaban J connectivity index is 2.02. The van der Waals surface area contributed by atoms with Crippen molar-refractivity contribution in [3.63, 3.8) is 0 Å². The normalized spacial score (nSPS) is 31.2. The SMILES string of the molecule is CN1CC[C@@H]2O[C@H]1Cc1ccccc12. The lowest BCUT2D eigenvalue weighted by molar-refractivity contribution is -0.140. The molecule has 2 aliphatic rings. The minimum atomic E-state index is 0.309. The van der Waals surface area contributed by atoms with Crippen LogP contribution in [0.5, 0.6) is 0 Å². The molecule has 14 heavy (non-hydrogen) atoms. The first kappa shape index (κ1) is 8.45. The van der Waals surface area contributed by atoms with Gasteiger partial charge in [-0.3, -0.25) is 4.90 Å². The van der Waals surface area contributed by atoms with Crippen molar-refractivity contribution in [2.45, 2.75) is 25.2 Å². The van der Waals surface area contributed by atoms with E-state index in [1.807, 2.05) is 0 Å². The summed E-state index contributed by atoms with van der Waals surface area (Å²) in [6.45, 7) is 1.16. The zero-order valence-corrected chi connectivity index (χ0v) is 8.44. The summed E-state index contributed by atoms with van der Waals surface area (Å²) in [6.07, 6.45) is 2.83. The first-order chi connectivity index (χ1) is 6.84. The van der Waals surface area contributed by atoms with E-state index < -0.39 is 0 Å². The average molecular weight is 189 g/mol. The van der Waals surface area contributed by atoms with Crippen molar-refractivity contribution < 1.29 is 4.74 Å². The quantitative estimate of drug-likeness (QED) is 0.618. The molecule has 0 aliphatic carbocycles. The van der Waals surface area contributed by atoms with E-state index in [0.717, 1.165) is 19.4 Å².